The van der Waals surface area contributed by atoms with Crippen LogP contribution in [0, 0.1) is 0 Å². The topological polar surface area (TPSA) is 90.9 Å². The maximum atomic E-state index is 11.9. The van der Waals surface area contributed by atoms with E-state index >= 15 is 0 Å². The highest BCUT2D eigenvalue weighted by molar-refractivity contribution is 5.73. The third-order valence-corrected chi connectivity index (χ3v) is 2.80. The van der Waals surface area contributed by atoms with Crippen LogP contribution in [-0.2, 0) is 11.3 Å². The van der Waals surface area contributed by atoms with E-state index in [9.17, 15) is 9.59 Å². The fourth-order valence-corrected chi connectivity index (χ4v) is 1.88. The van der Waals surface area contributed by atoms with Crippen molar-refractivity contribution in [3.8, 4) is 11.3 Å². The van der Waals surface area contributed by atoms with E-state index in [1.807, 2.05) is 44.2 Å². The summed E-state index contributed by atoms with van der Waals surface area (Å²) in [6, 6.07) is 9.37. The van der Waals surface area contributed by atoms with E-state index in [0.29, 0.717) is 11.4 Å². The van der Waals surface area contributed by atoms with Gasteiger partial charge in [-0.1, -0.05) is 44.2 Å². The second-order valence-electron chi connectivity index (χ2n) is 4.77. The van der Waals surface area contributed by atoms with E-state index in [-0.39, 0.29) is 12.5 Å². The first-order chi connectivity index (χ1) is 9.49. The summed E-state index contributed by atoms with van der Waals surface area (Å²) in [6.45, 7) is 3.64. The molecule has 0 aliphatic carbocycles. The zero-order chi connectivity index (χ0) is 14.7. The van der Waals surface area contributed by atoms with Crippen molar-refractivity contribution >= 4 is 5.91 Å². The van der Waals surface area contributed by atoms with E-state index in [0.717, 1.165) is 10.2 Å². The van der Waals surface area contributed by atoms with Crippen LogP contribution in [0.5, 0.6) is 0 Å². The quantitative estimate of drug-likeness (QED) is 0.895. The summed E-state index contributed by atoms with van der Waals surface area (Å²) < 4.78 is 1.00. The summed E-state index contributed by atoms with van der Waals surface area (Å²) in [7, 11) is 0. The minimum Gasteiger partial charge on any atom is -0.368 e. The molecule has 6 nitrogen and oxygen atoms in total. The van der Waals surface area contributed by atoms with Crippen LogP contribution in [0.4, 0.5) is 0 Å². The monoisotopic (exact) mass is 272 g/mol. The van der Waals surface area contributed by atoms with Crippen LogP contribution in [0.1, 0.15) is 25.5 Å². The Morgan fingerprint density at radius 2 is 1.95 bits per heavy atom. The minimum absolute atomic E-state index is 0.0671. The fraction of sp³-hybridized carbons (Fsp3) is 0.286. The van der Waals surface area contributed by atoms with Gasteiger partial charge in [-0.3, -0.25) is 4.79 Å². The van der Waals surface area contributed by atoms with Crippen LogP contribution in [0.3, 0.4) is 0 Å². The number of nitrogens with two attached hydrogens (primary N) is 1. The largest absolute Gasteiger partial charge is 0.368 e. The Hall–Kier alpha value is -2.50. The molecule has 2 aromatic rings. The molecule has 0 spiro atoms. The summed E-state index contributed by atoms with van der Waals surface area (Å²) in [6.07, 6.45) is 0. The number of benzene rings is 1. The second kappa shape index (κ2) is 5.64. The lowest BCUT2D eigenvalue weighted by molar-refractivity contribution is -0.118. The summed E-state index contributed by atoms with van der Waals surface area (Å²) >= 11 is 0. The highest BCUT2D eigenvalue weighted by Crippen LogP contribution is 2.23. The van der Waals surface area contributed by atoms with Gasteiger partial charge in [-0.05, 0) is 5.92 Å². The fourth-order valence-electron chi connectivity index (χ4n) is 1.88. The van der Waals surface area contributed by atoms with Gasteiger partial charge in [0.2, 0.25) is 5.91 Å². The van der Waals surface area contributed by atoms with Crippen LogP contribution >= 0.6 is 0 Å². The van der Waals surface area contributed by atoms with Gasteiger partial charge in [-0.15, -0.1) is 0 Å². The summed E-state index contributed by atoms with van der Waals surface area (Å²) in [4.78, 5) is 26.9. The molecule has 1 aromatic carbocycles. The van der Waals surface area contributed by atoms with Crippen LogP contribution in [0.2, 0.25) is 0 Å². The maximum absolute atomic E-state index is 11.9. The van der Waals surface area contributed by atoms with E-state index in [4.69, 9.17) is 5.73 Å². The molecule has 0 bridgehead atoms. The Balaban J connectivity index is 2.61. The summed E-state index contributed by atoms with van der Waals surface area (Å²) in [5.41, 5.74) is 6.56. The van der Waals surface area contributed by atoms with Crippen molar-refractivity contribution < 1.29 is 4.79 Å². The predicted octanol–water partition coefficient (Wildman–Crippen LogP) is 0.914. The Bertz CT molecular complexity index is 677. The number of nitrogens with zero attached hydrogens (tertiary/aromatic N) is 3. The van der Waals surface area contributed by atoms with Gasteiger partial charge in [0.25, 0.3) is 0 Å². The molecular weight excluding hydrogens is 256 g/mol. The Kier molecular flexibility index (Phi) is 3.93. The second-order valence-corrected chi connectivity index (χ2v) is 4.77. The third kappa shape index (κ3) is 2.90. The first-order valence-electron chi connectivity index (χ1n) is 6.32. The van der Waals surface area contributed by atoms with E-state index in [1.165, 1.54) is 0 Å². The average Bonchev–Trinajstić information content (AvgIpc) is 2.41. The Morgan fingerprint density at radius 1 is 1.30 bits per heavy atom. The first kappa shape index (κ1) is 13.9. The van der Waals surface area contributed by atoms with Crippen LogP contribution in [-0.4, -0.2) is 20.7 Å². The highest BCUT2D eigenvalue weighted by atomic mass is 16.2. The standard InChI is InChI=1S/C14H16N4O2/c1-9(2)12-13(10-6-4-3-5-7-10)16-14(20)18(17-12)8-11(15)19/h3-7,9H,8H2,1-2H3,(H2,15,19). The smallest absolute Gasteiger partial charge is 0.365 e. The average molecular weight is 272 g/mol. The molecule has 0 unspecified atom stereocenters. The molecule has 0 aliphatic rings. The van der Waals surface area contributed by atoms with Gasteiger partial charge in [0.05, 0.1) is 11.4 Å². The predicted molar refractivity (Wildman–Crippen MR) is 75.0 cm³/mol. The molecule has 104 valence electrons. The molecule has 0 atom stereocenters. The van der Waals surface area contributed by atoms with Crippen molar-refractivity contribution in [2.75, 3.05) is 0 Å². The van der Waals surface area contributed by atoms with Crippen LogP contribution < -0.4 is 11.4 Å². The van der Waals surface area contributed by atoms with Crippen molar-refractivity contribution in [2.45, 2.75) is 26.3 Å². The molecule has 0 saturated carbocycles. The van der Waals surface area contributed by atoms with E-state index in [1.54, 1.807) is 0 Å². The maximum Gasteiger partial charge on any atom is 0.365 e. The van der Waals surface area contributed by atoms with Gasteiger partial charge in [-0.25, -0.2) is 9.48 Å². The number of hydrogen-bond acceptors (Lipinski definition) is 4. The minimum atomic E-state index is -0.622. The highest BCUT2D eigenvalue weighted by Gasteiger charge is 2.16. The SMILES string of the molecule is CC(C)c1nn(CC(N)=O)c(=O)nc1-c1ccccc1. The van der Waals surface area contributed by atoms with Gasteiger partial charge >= 0.3 is 5.69 Å². The number of aromatic nitrogens is 3. The zero-order valence-electron chi connectivity index (χ0n) is 11.4. The number of amides is 1. The molecule has 0 radical (unpaired) electrons. The van der Waals surface area contributed by atoms with Crippen molar-refractivity contribution in [3.05, 3.63) is 46.5 Å². The Morgan fingerprint density at radius 3 is 2.50 bits per heavy atom. The zero-order valence-corrected chi connectivity index (χ0v) is 11.4. The lowest BCUT2D eigenvalue weighted by Gasteiger charge is -2.12. The molecule has 20 heavy (non-hydrogen) atoms. The van der Waals surface area contributed by atoms with Crippen molar-refractivity contribution in [2.24, 2.45) is 5.73 Å². The van der Waals surface area contributed by atoms with Crippen LogP contribution in [0.25, 0.3) is 11.3 Å². The van der Waals surface area contributed by atoms with Gasteiger partial charge in [0.1, 0.15) is 6.54 Å². The summed E-state index contributed by atoms with van der Waals surface area (Å²) in [5, 5.41) is 4.23. The van der Waals surface area contributed by atoms with Crippen molar-refractivity contribution in [1.29, 1.82) is 0 Å². The third-order valence-electron chi connectivity index (χ3n) is 2.80. The van der Waals surface area contributed by atoms with Crippen molar-refractivity contribution in [3.63, 3.8) is 0 Å². The van der Waals surface area contributed by atoms with Crippen molar-refractivity contribution in [1.82, 2.24) is 14.8 Å². The molecule has 1 heterocycles. The summed E-state index contributed by atoms with van der Waals surface area (Å²) in [5.74, 6) is -0.555. The number of rotatable bonds is 4. The molecule has 2 rings (SSSR count). The van der Waals surface area contributed by atoms with Gasteiger partial charge in [0.15, 0.2) is 0 Å². The molecule has 2 N–H and O–H groups in total. The molecular formula is C14H16N4O2. The molecule has 1 amide bonds. The Labute approximate surface area is 116 Å². The first-order valence-corrected chi connectivity index (χ1v) is 6.32. The van der Waals surface area contributed by atoms with E-state index in [2.05, 4.69) is 10.1 Å². The van der Waals surface area contributed by atoms with Gasteiger partial charge < -0.3 is 5.73 Å². The number of hydrogen-bond donors (Lipinski definition) is 1. The number of carbonyl (C=O) groups excluding carboxylic acids is 1. The molecule has 1 aromatic heterocycles. The number of carbonyl (C=O) groups is 1. The molecule has 0 fully saturated rings. The number of primary amides is 1. The van der Waals surface area contributed by atoms with Gasteiger partial charge in [0, 0.05) is 5.56 Å². The normalized spacial score (nSPS) is 10.8. The van der Waals surface area contributed by atoms with E-state index < -0.39 is 11.6 Å². The molecule has 0 saturated heterocycles. The molecule has 0 aliphatic heterocycles. The lowest BCUT2D eigenvalue weighted by atomic mass is 10.0. The molecule has 6 heteroatoms. The lowest BCUT2D eigenvalue weighted by Crippen LogP contribution is -2.33. The van der Waals surface area contributed by atoms with Gasteiger partial charge in [-0.2, -0.15) is 10.1 Å². The van der Waals surface area contributed by atoms with Crippen LogP contribution in [0.15, 0.2) is 35.1 Å².